The van der Waals surface area contributed by atoms with Gasteiger partial charge in [-0.15, -0.1) is 0 Å². The third-order valence-corrected chi connectivity index (χ3v) is 7.79. The zero-order valence-corrected chi connectivity index (χ0v) is 17.3. The lowest BCUT2D eigenvalue weighted by Gasteiger charge is -2.54. The minimum atomic E-state index is -1.45. The zero-order valence-electron chi connectivity index (χ0n) is 16.5. The molecule has 0 saturated heterocycles. The van der Waals surface area contributed by atoms with Crippen LogP contribution in [0.2, 0.25) is 0 Å². The first-order chi connectivity index (χ1) is 14.1. The molecule has 1 unspecified atom stereocenters. The molecule has 0 aliphatic heterocycles. The summed E-state index contributed by atoms with van der Waals surface area (Å²) in [7, 11) is 0. The summed E-state index contributed by atoms with van der Waals surface area (Å²) in [4.78, 5) is 13.3. The van der Waals surface area contributed by atoms with Crippen molar-refractivity contribution in [2.75, 3.05) is 6.26 Å². The highest BCUT2D eigenvalue weighted by Crippen LogP contribution is 2.53. The third kappa shape index (κ3) is 3.66. The largest absolute Gasteiger partial charge is 0.611 e. The molecule has 6 rings (SSSR count). The number of aromatic nitrogens is 1. The van der Waals surface area contributed by atoms with Crippen LogP contribution in [-0.4, -0.2) is 27.9 Å². The van der Waals surface area contributed by atoms with Crippen LogP contribution in [-0.2, 0) is 17.8 Å². The van der Waals surface area contributed by atoms with Crippen LogP contribution in [0.5, 0.6) is 5.88 Å². The van der Waals surface area contributed by atoms with Crippen molar-refractivity contribution in [3.8, 4) is 5.88 Å². The number of ether oxygens (including phenoxy) is 1. The first kappa shape index (κ1) is 19.0. The molecule has 4 saturated carbocycles. The normalized spacial score (nSPS) is 30.9. The fourth-order valence-electron chi connectivity index (χ4n) is 5.86. The van der Waals surface area contributed by atoms with Gasteiger partial charge in [0, 0.05) is 6.04 Å². The Bertz CT molecular complexity index is 854. The third-order valence-electron chi connectivity index (χ3n) is 6.86. The fourth-order valence-corrected chi connectivity index (χ4v) is 6.59. The Labute approximate surface area is 173 Å². The Hall–Kier alpha value is -1.99. The second-order valence-corrected chi connectivity index (χ2v) is 10.1. The van der Waals surface area contributed by atoms with Gasteiger partial charge < -0.3 is 19.1 Å². The molecule has 6 nitrogen and oxygen atoms in total. The van der Waals surface area contributed by atoms with Crippen LogP contribution < -0.4 is 10.1 Å². The number of nitrogens with one attached hydrogen (secondary N) is 1. The molecular weight excluding hydrogens is 388 g/mol. The summed E-state index contributed by atoms with van der Waals surface area (Å²) in [5.41, 5.74) is 0.961. The topological polar surface area (TPSA) is 87.4 Å². The molecule has 1 heterocycles. The number of hydrogen-bond donors (Lipinski definition) is 1. The molecule has 2 aromatic rings. The summed E-state index contributed by atoms with van der Waals surface area (Å²) >= 11 is -1.45. The van der Waals surface area contributed by atoms with Crippen LogP contribution in [0.1, 0.15) is 48.2 Å². The van der Waals surface area contributed by atoms with E-state index < -0.39 is 11.2 Å². The monoisotopic (exact) mass is 414 g/mol. The smallest absolute Gasteiger partial charge is 0.311 e. The summed E-state index contributed by atoms with van der Waals surface area (Å²) in [6.45, 7) is 0.272. The van der Waals surface area contributed by atoms with Gasteiger partial charge in [0.15, 0.2) is 0 Å². The van der Waals surface area contributed by atoms with Crippen LogP contribution >= 0.6 is 0 Å². The predicted molar refractivity (Wildman–Crippen MR) is 108 cm³/mol. The molecule has 4 fully saturated rings. The van der Waals surface area contributed by atoms with Gasteiger partial charge in [0.05, 0.1) is 0 Å². The van der Waals surface area contributed by atoms with Crippen molar-refractivity contribution >= 4 is 17.1 Å². The van der Waals surface area contributed by atoms with Gasteiger partial charge in [-0.2, -0.15) is 0 Å². The van der Waals surface area contributed by atoms with E-state index in [1.807, 2.05) is 30.3 Å². The predicted octanol–water partition coefficient (Wildman–Crippen LogP) is 3.55. The lowest BCUT2D eigenvalue weighted by atomic mass is 9.54. The molecule has 4 bridgehead atoms. The number of carbonyl (C=O) groups excluding carboxylic acids is 1. The van der Waals surface area contributed by atoms with Gasteiger partial charge >= 0.3 is 5.88 Å². The lowest BCUT2D eigenvalue weighted by Crippen LogP contribution is -2.55. The Morgan fingerprint density at radius 3 is 2.45 bits per heavy atom. The van der Waals surface area contributed by atoms with Crippen LogP contribution in [0.3, 0.4) is 0 Å². The highest BCUT2D eigenvalue weighted by Gasteiger charge is 2.49. The molecule has 154 valence electrons. The van der Waals surface area contributed by atoms with Gasteiger partial charge in [0.1, 0.15) is 12.9 Å². The highest BCUT2D eigenvalue weighted by atomic mass is 32.2. The van der Waals surface area contributed by atoms with Crippen molar-refractivity contribution < 1.29 is 18.6 Å². The standard InChI is InChI=1S/C22H26N2O4S/c1-29(26)20-19(28-24-22(20)27-12-13-5-3-2-4-6-13)21(25)23-18-16-8-14-7-15(10-16)11-17(18)9-14/h2-6,14-18H,7-12H2,1H3,(H,23,25). The van der Waals surface area contributed by atoms with Crippen molar-refractivity contribution in [1.82, 2.24) is 10.5 Å². The molecule has 1 atom stereocenters. The summed E-state index contributed by atoms with van der Waals surface area (Å²) in [6, 6.07) is 9.82. The van der Waals surface area contributed by atoms with E-state index in [0.717, 1.165) is 17.4 Å². The Morgan fingerprint density at radius 1 is 1.17 bits per heavy atom. The average Bonchev–Trinajstić information content (AvgIpc) is 3.14. The molecule has 0 radical (unpaired) electrons. The van der Waals surface area contributed by atoms with E-state index in [1.165, 1.54) is 38.4 Å². The van der Waals surface area contributed by atoms with E-state index >= 15 is 0 Å². The number of amides is 1. The average molecular weight is 415 g/mol. The van der Waals surface area contributed by atoms with Gasteiger partial charge in [-0.3, -0.25) is 4.79 Å². The highest BCUT2D eigenvalue weighted by molar-refractivity contribution is 7.90. The Kier molecular flexibility index (Phi) is 5.04. The van der Waals surface area contributed by atoms with E-state index in [0.29, 0.717) is 11.8 Å². The van der Waals surface area contributed by atoms with Crippen molar-refractivity contribution in [2.45, 2.75) is 49.6 Å². The van der Waals surface area contributed by atoms with Crippen LogP contribution in [0.15, 0.2) is 39.8 Å². The molecule has 29 heavy (non-hydrogen) atoms. The minimum absolute atomic E-state index is 0.0164. The lowest BCUT2D eigenvalue weighted by molar-refractivity contribution is -0.0124. The summed E-state index contributed by atoms with van der Waals surface area (Å²) in [6.07, 6.45) is 7.75. The number of nitrogens with zero attached hydrogens (tertiary/aromatic N) is 1. The Balaban J connectivity index is 1.31. The van der Waals surface area contributed by atoms with Crippen LogP contribution in [0.25, 0.3) is 0 Å². The second kappa shape index (κ2) is 7.69. The van der Waals surface area contributed by atoms with E-state index in [9.17, 15) is 9.35 Å². The molecule has 1 N–H and O–H groups in total. The van der Waals surface area contributed by atoms with E-state index in [2.05, 4.69) is 10.5 Å². The van der Waals surface area contributed by atoms with Crippen LogP contribution in [0.4, 0.5) is 0 Å². The first-order valence-corrected chi connectivity index (χ1v) is 11.9. The fraction of sp³-hybridized carbons (Fsp3) is 0.545. The molecule has 7 heteroatoms. The van der Waals surface area contributed by atoms with Crippen molar-refractivity contribution in [2.24, 2.45) is 23.7 Å². The second-order valence-electron chi connectivity index (χ2n) is 8.80. The number of benzene rings is 1. The van der Waals surface area contributed by atoms with E-state index in [4.69, 9.17) is 9.26 Å². The summed E-state index contributed by atoms with van der Waals surface area (Å²) < 4.78 is 23.4. The summed E-state index contributed by atoms with van der Waals surface area (Å²) in [5, 5.41) is 7.10. The van der Waals surface area contributed by atoms with E-state index in [1.54, 1.807) is 0 Å². The van der Waals surface area contributed by atoms with Crippen LogP contribution in [0, 0.1) is 23.7 Å². The van der Waals surface area contributed by atoms with Gasteiger partial charge in [-0.1, -0.05) is 30.3 Å². The van der Waals surface area contributed by atoms with Crippen molar-refractivity contribution in [3.63, 3.8) is 0 Å². The molecule has 4 aliphatic rings. The number of rotatable bonds is 6. The summed E-state index contributed by atoms with van der Waals surface area (Å²) in [5.74, 6) is 2.62. The Morgan fingerprint density at radius 2 is 1.83 bits per heavy atom. The zero-order chi connectivity index (χ0) is 20.0. The minimum Gasteiger partial charge on any atom is -0.611 e. The molecule has 1 aromatic carbocycles. The van der Waals surface area contributed by atoms with Crippen molar-refractivity contribution in [1.29, 1.82) is 0 Å². The molecule has 1 amide bonds. The maximum atomic E-state index is 13.0. The van der Waals surface area contributed by atoms with E-state index in [-0.39, 0.29) is 35.1 Å². The van der Waals surface area contributed by atoms with Gasteiger partial charge in [-0.25, -0.2) is 0 Å². The quantitative estimate of drug-likeness (QED) is 0.731. The molecule has 4 aliphatic carbocycles. The molecule has 0 spiro atoms. The maximum absolute atomic E-state index is 13.0. The first-order valence-electron chi connectivity index (χ1n) is 10.4. The SMILES string of the molecule is C[S+]([O-])c1c(OCc2ccccc2)noc1C(=O)NC1C2CC3CC(C2)CC1C3. The van der Waals surface area contributed by atoms with Gasteiger partial charge in [0.25, 0.3) is 16.6 Å². The van der Waals surface area contributed by atoms with Gasteiger partial charge in [0.2, 0.25) is 0 Å². The number of hydrogen-bond acceptors (Lipinski definition) is 5. The molecular formula is C22H26N2O4S. The van der Waals surface area contributed by atoms with Crippen molar-refractivity contribution in [3.05, 3.63) is 41.7 Å². The van der Waals surface area contributed by atoms with Gasteiger partial charge in [-0.05, 0) is 77.7 Å². The molecule has 1 aromatic heterocycles. The number of carbonyl (C=O) groups is 1. The maximum Gasteiger partial charge on any atom is 0.311 e.